The average Bonchev–Trinajstić information content (AvgIpc) is 2.81. The predicted octanol–water partition coefficient (Wildman–Crippen LogP) is 5.87. The summed E-state index contributed by atoms with van der Waals surface area (Å²) < 4.78 is 0. The molecule has 2 N–H and O–H groups in total. The second-order valence-electron chi connectivity index (χ2n) is 8.17. The fraction of sp³-hybridized carbons (Fsp3) is 0.259. The molecule has 5 nitrogen and oxygen atoms in total. The Balaban J connectivity index is 1.87. The van der Waals surface area contributed by atoms with E-state index in [-0.39, 0.29) is 5.75 Å². The van der Waals surface area contributed by atoms with E-state index in [0.717, 1.165) is 41.1 Å². The quantitative estimate of drug-likeness (QED) is 0.387. The Hall–Kier alpha value is -3.60. The number of rotatable bonds is 7. The highest BCUT2D eigenvalue weighted by atomic mass is 16.3. The number of pyridine rings is 2. The van der Waals surface area contributed by atoms with Gasteiger partial charge >= 0.3 is 0 Å². The molecule has 0 aliphatic heterocycles. The Labute approximate surface area is 189 Å². The van der Waals surface area contributed by atoms with Crippen LogP contribution in [0, 0.1) is 6.92 Å². The fourth-order valence-electron chi connectivity index (χ4n) is 4.26. The first kappa shape index (κ1) is 21.6. The number of phenolic OH excluding ortho intramolecular Hbond substituents is 1. The number of aromatic hydroxyl groups is 1. The van der Waals surface area contributed by atoms with Crippen molar-refractivity contribution in [1.29, 1.82) is 0 Å². The van der Waals surface area contributed by atoms with Crippen LogP contribution < -0.4 is 10.2 Å². The van der Waals surface area contributed by atoms with Crippen molar-refractivity contribution in [2.45, 2.75) is 33.2 Å². The van der Waals surface area contributed by atoms with E-state index in [9.17, 15) is 5.11 Å². The standard InChI is InChI=1S/C27H30N4O/c1-5-31(6-2)22-15-13-21(14-16-22)27(4,30-24-9-7-8-18-28-24)23-17-12-20-11-10-19(3)29-25(20)26(23)32/h7-18,32H,5-6H2,1-4H3,(H,28,30). The molecule has 0 saturated carbocycles. The van der Waals surface area contributed by atoms with Crippen molar-refractivity contribution in [2.75, 3.05) is 23.3 Å². The van der Waals surface area contributed by atoms with E-state index in [1.807, 2.05) is 49.4 Å². The van der Waals surface area contributed by atoms with Crippen LogP contribution in [0.5, 0.6) is 5.75 Å². The third-order valence-corrected chi connectivity index (χ3v) is 6.13. The molecule has 0 fully saturated rings. The molecule has 0 radical (unpaired) electrons. The zero-order chi connectivity index (χ0) is 22.7. The minimum absolute atomic E-state index is 0.185. The van der Waals surface area contributed by atoms with Crippen molar-refractivity contribution in [1.82, 2.24) is 9.97 Å². The van der Waals surface area contributed by atoms with Crippen molar-refractivity contribution >= 4 is 22.4 Å². The Morgan fingerprint density at radius 3 is 2.31 bits per heavy atom. The summed E-state index contributed by atoms with van der Waals surface area (Å²) in [6.45, 7) is 10.2. The smallest absolute Gasteiger partial charge is 0.147 e. The summed E-state index contributed by atoms with van der Waals surface area (Å²) in [5, 5.41) is 15.8. The number of phenols is 1. The second kappa shape index (κ2) is 8.87. The van der Waals surface area contributed by atoms with Gasteiger partial charge in [0.05, 0.1) is 5.54 Å². The van der Waals surface area contributed by atoms with Gasteiger partial charge in [-0.2, -0.15) is 0 Å². The molecule has 1 unspecified atom stereocenters. The highest BCUT2D eigenvalue weighted by molar-refractivity contribution is 5.86. The molecule has 0 aliphatic rings. The van der Waals surface area contributed by atoms with Gasteiger partial charge in [0, 0.05) is 41.6 Å². The van der Waals surface area contributed by atoms with Gasteiger partial charge in [-0.25, -0.2) is 9.97 Å². The summed E-state index contributed by atoms with van der Waals surface area (Å²) in [5.41, 5.74) is 3.72. The number of aryl methyl sites for hydroxylation is 1. The molecule has 2 aromatic carbocycles. The maximum Gasteiger partial charge on any atom is 0.147 e. The highest BCUT2D eigenvalue weighted by Crippen LogP contribution is 2.41. The Bertz CT molecular complexity index is 1200. The number of hydrogen-bond acceptors (Lipinski definition) is 5. The van der Waals surface area contributed by atoms with Crippen LogP contribution in [0.25, 0.3) is 10.9 Å². The third-order valence-electron chi connectivity index (χ3n) is 6.13. The van der Waals surface area contributed by atoms with E-state index in [2.05, 4.69) is 65.2 Å². The first-order chi connectivity index (χ1) is 15.5. The van der Waals surface area contributed by atoms with Crippen molar-refractivity contribution in [3.8, 4) is 5.75 Å². The van der Waals surface area contributed by atoms with Gasteiger partial charge in [0.15, 0.2) is 0 Å². The number of benzene rings is 2. The highest BCUT2D eigenvalue weighted by Gasteiger charge is 2.33. The van der Waals surface area contributed by atoms with E-state index in [0.29, 0.717) is 5.52 Å². The van der Waals surface area contributed by atoms with E-state index < -0.39 is 5.54 Å². The van der Waals surface area contributed by atoms with Crippen molar-refractivity contribution < 1.29 is 5.11 Å². The molecule has 0 saturated heterocycles. The zero-order valence-corrected chi connectivity index (χ0v) is 19.1. The van der Waals surface area contributed by atoms with Crippen LogP contribution in [0.1, 0.15) is 37.6 Å². The maximum atomic E-state index is 11.3. The van der Waals surface area contributed by atoms with E-state index in [1.165, 1.54) is 5.69 Å². The molecule has 1 atom stereocenters. The van der Waals surface area contributed by atoms with Crippen molar-refractivity contribution in [3.05, 3.63) is 89.7 Å². The Morgan fingerprint density at radius 2 is 1.66 bits per heavy atom. The third kappa shape index (κ3) is 3.98. The monoisotopic (exact) mass is 426 g/mol. The van der Waals surface area contributed by atoms with Gasteiger partial charge in [-0.3, -0.25) is 0 Å². The lowest BCUT2D eigenvalue weighted by Gasteiger charge is -2.34. The first-order valence-corrected chi connectivity index (χ1v) is 11.1. The van der Waals surface area contributed by atoms with Crippen molar-refractivity contribution in [2.24, 2.45) is 0 Å². The van der Waals surface area contributed by atoms with Gasteiger partial charge in [0.2, 0.25) is 0 Å². The van der Waals surface area contributed by atoms with Crippen molar-refractivity contribution in [3.63, 3.8) is 0 Å². The number of anilines is 2. The van der Waals surface area contributed by atoms with E-state index in [4.69, 9.17) is 0 Å². The summed E-state index contributed by atoms with van der Waals surface area (Å²) in [6, 6.07) is 22.2. The molecule has 4 aromatic rings. The van der Waals surface area contributed by atoms with Gasteiger partial charge in [-0.05, 0) is 63.6 Å². The number of fused-ring (bicyclic) bond motifs is 1. The topological polar surface area (TPSA) is 61.3 Å². The van der Waals surface area contributed by atoms with Gasteiger partial charge < -0.3 is 15.3 Å². The molecule has 164 valence electrons. The number of aromatic nitrogens is 2. The molecule has 0 aliphatic carbocycles. The summed E-state index contributed by atoms with van der Waals surface area (Å²) >= 11 is 0. The summed E-state index contributed by atoms with van der Waals surface area (Å²) in [4.78, 5) is 11.4. The van der Waals surface area contributed by atoms with Gasteiger partial charge in [-0.1, -0.05) is 36.4 Å². The molecule has 4 rings (SSSR count). The molecule has 0 spiro atoms. The minimum Gasteiger partial charge on any atom is -0.505 e. The molecule has 2 aromatic heterocycles. The molecular formula is C27H30N4O. The second-order valence-corrected chi connectivity index (χ2v) is 8.17. The van der Waals surface area contributed by atoms with Crippen LogP contribution in [0.2, 0.25) is 0 Å². The van der Waals surface area contributed by atoms with Crippen LogP contribution in [0.4, 0.5) is 11.5 Å². The molecule has 2 heterocycles. The average molecular weight is 427 g/mol. The lowest BCUT2D eigenvalue weighted by Crippen LogP contribution is -2.34. The van der Waals surface area contributed by atoms with Crippen LogP contribution in [-0.2, 0) is 5.54 Å². The van der Waals surface area contributed by atoms with E-state index >= 15 is 0 Å². The summed E-state index contributed by atoms with van der Waals surface area (Å²) in [7, 11) is 0. The summed E-state index contributed by atoms with van der Waals surface area (Å²) in [6.07, 6.45) is 1.76. The molecule has 5 heteroatoms. The summed E-state index contributed by atoms with van der Waals surface area (Å²) in [5.74, 6) is 0.921. The van der Waals surface area contributed by atoms with Gasteiger partial charge in [0.1, 0.15) is 17.1 Å². The van der Waals surface area contributed by atoms with E-state index in [1.54, 1.807) is 6.20 Å². The lowest BCUT2D eigenvalue weighted by atomic mass is 9.83. The lowest BCUT2D eigenvalue weighted by molar-refractivity contribution is 0.460. The number of nitrogens with zero attached hydrogens (tertiary/aromatic N) is 3. The SMILES string of the molecule is CCN(CC)c1ccc(C(C)(Nc2ccccn2)c2ccc3ccc(C)nc3c2O)cc1. The largest absolute Gasteiger partial charge is 0.505 e. The normalized spacial score (nSPS) is 13.0. The molecule has 32 heavy (non-hydrogen) atoms. The Kier molecular flexibility index (Phi) is 5.99. The molecular weight excluding hydrogens is 396 g/mol. The minimum atomic E-state index is -0.722. The van der Waals surface area contributed by atoms with Crippen LogP contribution in [-0.4, -0.2) is 28.2 Å². The van der Waals surface area contributed by atoms with Crippen LogP contribution >= 0.6 is 0 Å². The molecule has 0 amide bonds. The number of nitrogens with one attached hydrogen (secondary N) is 1. The van der Waals surface area contributed by atoms with Gasteiger partial charge in [-0.15, -0.1) is 0 Å². The first-order valence-electron chi connectivity index (χ1n) is 11.1. The van der Waals surface area contributed by atoms with Crippen LogP contribution in [0.3, 0.4) is 0 Å². The predicted molar refractivity (Wildman–Crippen MR) is 132 cm³/mol. The number of hydrogen-bond donors (Lipinski definition) is 2. The Morgan fingerprint density at radius 1 is 0.938 bits per heavy atom. The van der Waals surface area contributed by atoms with Crippen LogP contribution in [0.15, 0.2) is 72.9 Å². The van der Waals surface area contributed by atoms with Gasteiger partial charge in [0.25, 0.3) is 0 Å². The zero-order valence-electron chi connectivity index (χ0n) is 19.1. The maximum absolute atomic E-state index is 11.3. The molecule has 0 bridgehead atoms. The fourth-order valence-corrected chi connectivity index (χ4v) is 4.26.